The van der Waals surface area contributed by atoms with Gasteiger partial charge in [-0.3, -0.25) is 15.6 Å². The van der Waals surface area contributed by atoms with Crippen molar-refractivity contribution in [1.29, 1.82) is 0 Å². The lowest BCUT2D eigenvalue weighted by molar-refractivity contribution is 0.0943. The molecule has 0 aliphatic heterocycles. The third-order valence-corrected chi connectivity index (χ3v) is 3.39. The van der Waals surface area contributed by atoms with E-state index in [2.05, 4.69) is 16.2 Å². The third-order valence-electron chi connectivity index (χ3n) is 2.57. The quantitative estimate of drug-likeness (QED) is 0.497. The number of hydrazine groups is 1. The lowest BCUT2D eigenvalue weighted by Crippen LogP contribution is -2.46. The van der Waals surface area contributed by atoms with Crippen LogP contribution in [0, 0.1) is 0 Å². The monoisotopic (exact) mass is 359 g/mol. The van der Waals surface area contributed by atoms with Gasteiger partial charge in [-0.15, -0.1) is 0 Å². The zero-order valence-corrected chi connectivity index (χ0v) is 13.4. The molecule has 1 amide bonds. The van der Waals surface area contributed by atoms with E-state index in [1.54, 1.807) is 18.4 Å². The fraction of sp³-hybridized carbons (Fsp3) is 0.0769. The number of thiocarbonyl (C=S) groups is 1. The Morgan fingerprint density at radius 1 is 1.27 bits per heavy atom. The lowest BCUT2D eigenvalue weighted by atomic mass is 10.2. The van der Waals surface area contributed by atoms with Crippen LogP contribution >= 0.6 is 35.4 Å². The van der Waals surface area contributed by atoms with Gasteiger partial charge in [0.1, 0.15) is 5.76 Å². The molecule has 9 heteroatoms. The molecule has 116 valence electrons. The van der Waals surface area contributed by atoms with Crippen molar-refractivity contribution < 1.29 is 14.3 Å². The minimum atomic E-state index is -0.508. The Labute approximate surface area is 141 Å². The van der Waals surface area contributed by atoms with Crippen molar-refractivity contribution in [1.82, 2.24) is 16.2 Å². The summed E-state index contributed by atoms with van der Waals surface area (Å²) in [5.74, 6) is -0.0815. The molecule has 0 unspecified atom stereocenters. The fourth-order valence-corrected chi connectivity index (χ4v) is 2.12. The van der Waals surface area contributed by atoms with E-state index < -0.39 is 5.91 Å². The summed E-state index contributed by atoms with van der Waals surface area (Å²) in [6, 6.07) is 6.13. The second-order valence-corrected chi connectivity index (χ2v) is 5.35. The highest BCUT2D eigenvalue weighted by molar-refractivity contribution is 7.80. The Bertz CT molecular complexity index is 669. The predicted molar refractivity (Wildman–Crippen MR) is 86.9 cm³/mol. The molecule has 6 nitrogen and oxygen atoms in total. The summed E-state index contributed by atoms with van der Waals surface area (Å²) in [4.78, 5) is 11.9. The molecule has 0 atom stereocenters. The van der Waals surface area contributed by atoms with E-state index >= 15 is 0 Å². The number of phenolic OH excluding ortho intramolecular Hbond substituents is 1. The van der Waals surface area contributed by atoms with E-state index in [4.69, 9.17) is 39.8 Å². The van der Waals surface area contributed by atoms with Gasteiger partial charge in [-0.2, -0.15) is 0 Å². The van der Waals surface area contributed by atoms with Gasteiger partial charge in [-0.05, 0) is 36.5 Å². The van der Waals surface area contributed by atoms with Crippen LogP contribution in [-0.4, -0.2) is 16.1 Å². The number of halogens is 2. The number of nitrogens with one attached hydrogen (secondary N) is 3. The van der Waals surface area contributed by atoms with Crippen molar-refractivity contribution in [3.63, 3.8) is 0 Å². The van der Waals surface area contributed by atoms with Crippen LogP contribution in [-0.2, 0) is 6.54 Å². The smallest absolute Gasteiger partial charge is 0.269 e. The molecule has 0 saturated heterocycles. The van der Waals surface area contributed by atoms with Crippen molar-refractivity contribution in [2.45, 2.75) is 6.54 Å². The molecule has 1 aromatic carbocycles. The largest absolute Gasteiger partial charge is 0.505 e. The average molecular weight is 360 g/mol. The standard InChI is InChI=1S/C13H11Cl2N3O3S/c14-9-4-7(5-10(15)11(9)19)12(20)17-18-13(22)16-6-8-2-1-3-21-8/h1-5,19H,6H2,(H,17,20)(H2,16,18,22). The van der Waals surface area contributed by atoms with E-state index in [-0.39, 0.29) is 26.5 Å². The molecule has 1 heterocycles. The number of carbonyl (C=O) groups excluding carboxylic acids is 1. The van der Waals surface area contributed by atoms with Crippen molar-refractivity contribution in [2.24, 2.45) is 0 Å². The zero-order chi connectivity index (χ0) is 16.1. The number of hydrogen-bond acceptors (Lipinski definition) is 4. The van der Waals surface area contributed by atoms with E-state index in [1.165, 1.54) is 12.1 Å². The highest BCUT2D eigenvalue weighted by atomic mass is 35.5. The van der Waals surface area contributed by atoms with Gasteiger partial charge in [-0.1, -0.05) is 23.2 Å². The maximum atomic E-state index is 11.9. The van der Waals surface area contributed by atoms with Gasteiger partial charge >= 0.3 is 0 Å². The highest BCUT2D eigenvalue weighted by Gasteiger charge is 2.12. The molecule has 4 N–H and O–H groups in total. The number of amides is 1. The van der Waals surface area contributed by atoms with Crippen molar-refractivity contribution in [3.8, 4) is 5.75 Å². The summed E-state index contributed by atoms with van der Waals surface area (Å²) in [5, 5.41) is 12.5. The van der Waals surface area contributed by atoms with Crippen molar-refractivity contribution in [3.05, 3.63) is 51.9 Å². The average Bonchev–Trinajstić information content (AvgIpc) is 3.01. The van der Waals surface area contributed by atoms with E-state index in [9.17, 15) is 9.90 Å². The van der Waals surface area contributed by atoms with Gasteiger partial charge in [0.15, 0.2) is 10.9 Å². The Morgan fingerprint density at radius 2 is 1.95 bits per heavy atom. The number of rotatable bonds is 3. The van der Waals surface area contributed by atoms with Crippen LogP contribution in [0.1, 0.15) is 16.1 Å². The first-order valence-electron chi connectivity index (χ1n) is 6.02. The fourth-order valence-electron chi connectivity index (χ4n) is 1.51. The molecule has 1 aromatic heterocycles. The molecule has 0 bridgehead atoms. The van der Waals surface area contributed by atoms with Gasteiger partial charge in [0, 0.05) is 5.56 Å². The number of aromatic hydroxyl groups is 1. The maximum absolute atomic E-state index is 11.9. The normalized spacial score (nSPS) is 10.1. The van der Waals surface area contributed by atoms with Crippen LogP contribution in [0.5, 0.6) is 5.75 Å². The third kappa shape index (κ3) is 4.27. The van der Waals surface area contributed by atoms with Gasteiger partial charge in [0.05, 0.1) is 22.9 Å². The number of carbonyl (C=O) groups is 1. The molecule has 0 spiro atoms. The summed E-state index contributed by atoms with van der Waals surface area (Å²) in [5.41, 5.74) is 5.08. The molecule has 0 aliphatic rings. The molecular formula is C13H11Cl2N3O3S. The van der Waals surface area contributed by atoms with Gasteiger partial charge in [-0.25, -0.2) is 0 Å². The molecule has 0 saturated carbocycles. The van der Waals surface area contributed by atoms with Gasteiger partial charge in [0.25, 0.3) is 5.91 Å². The lowest BCUT2D eigenvalue weighted by Gasteiger charge is -2.11. The van der Waals surface area contributed by atoms with Crippen LogP contribution in [0.2, 0.25) is 10.0 Å². The van der Waals surface area contributed by atoms with Gasteiger partial charge < -0.3 is 14.8 Å². The first-order valence-corrected chi connectivity index (χ1v) is 7.18. The minimum absolute atomic E-state index is 0.0174. The van der Waals surface area contributed by atoms with Crippen LogP contribution in [0.15, 0.2) is 34.9 Å². The van der Waals surface area contributed by atoms with Gasteiger partial charge in [0.2, 0.25) is 0 Å². The van der Waals surface area contributed by atoms with Crippen molar-refractivity contribution in [2.75, 3.05) is 0 Å². The number of phenols is 1. The summed E-state index contributed by atoms with van der Waals surface area (Å²) in [6.07, 6.45) is 1.55. The summed E-state index contributed by atoms with van der Waals surface area (Å²) in [7, 11) is 0. The Hall–Kier alpha value is -1.96. The van der Waals surface area contributed by atoms with Crippen LogP contribution in [0.4, 0.5) is 0 Å². The Balaban J connectivity index is 1.86. The highest BCUT2D eigenvalue weighted by Crippen LogP contribution is 2.32. The SMILES string of the molecule is O=C(NNC(=S)NCc1ccco1)c1cc(Cl)c(O)c(Cl)c1. The number of furan rings is 1. The molecule has 0 aliphatic carbocycles. The molecule has 22 heavy (non-hydrogen) atoms. The first-order chi connectivity index (χ1) is 10.5. The number of benzene rings is 1. The van der Waals surface area contributed by atoms with Crippen LogP contribution in [0.25, 0.3) is 0 Å². The molecule has 2 rings (SSSR count). The minimum Gasteiger partial charge on any atom is -0.505 e. The Morgan fingerprint density at radius 3 is 2.55 bits per heavy atom. The van der Waals surface area contributed by atoms with E-state index in [0.717, 1.165) is 0 Å². The molecule has 0 radical (unpaired) electrons. The maximum Gasteiger partial charge on any atom is 0.269 e. The van der Waals surface area contributed by atoms with Crippen molar-refractivity contribution >= 4 is 46.4 Å². The Kier molecular flexibility index (Phi) is 5.48. The second-order valence-electron chi connectivity index (χ2n) is 4.13. The van der Waals surface area contributed by atoms with Crippen LogP contribution in [0.3, 0.4) is 0 Å². The zero-order valence-electron chi connectivity index (χ0n) is 11.0. The molecular weight excluding hydrogens is 349 g/mol. The summed E-state index contributed by atoms with van der Waals surface area (Å²) >= 11 is 16.5. The topological polar surface area (TPSA) is 86.5 Å². The summed E-state index contributed by atoms with van der Waals surface area (Å²) in [6.45, 7) is 0.381. The van der Waals surface area contributed by atoms with E-state index in [1.807, 2.05) is 0 Å². The predicted octanol–water partition coefficient (Wildman–Crippen LogP) is 2.60. The first kappa shape index (κ1) is 16.4. The van der Waals surface area contributed by atoms with E-state index in [0.29, 0.717) is 12.3 Å². The summed E-state index contributed by atoms with van der Waals surface area (Å²) < 4.78 is 5.13. The number of hydrogen-bond donors (Lipinski definition) is 4. The molecule has 0 fully saturated rings. The van der Waals surface area contributed by atoms with Crippen LogP contribution < -0.4 is 16.2 Å². The second kappa shape index (κ2) is 7.35. The molecule has 2 aromatic rings.